The van der Waals surface area contributed by atoms with Crippen LogP contribution in [0.25, 0.3) is 0 Å². The molecular formula is C11H19N3O2. The second-order valence-electron chi connectivity index (χ2n) is 5.17. The smallest absolute Gasteiger partial charge is 0.330 e. The molecule has 1 aromatic heterocycles. The van der Waals surface area contributed by atoms with Crippen molar-refractivity contribution in [3.05, 3.63) is 26.9 Å². The van der Waals surface area contributed by atoms with E-state index < -0.39 is 0 Å². The summed E-state index contributed by atoms with van der Waals surface area (Å²) < 4.78 is 1.19. The van der Waals surface area contributed by atoms with Gasteiger partial charge in [0.05, 0.1) is 0 Å². The van der Waals surface area contributed by atoms with E-state index >= 15 is 0 Å². The Kier molecular flexibility index (Phi) is 3.26. The van der Waals surface area contributed by atoms with Gasteiger partial charge in [0.2, 0.25) is 0 Å². The molecule has 0 bridgehead atoms. The van der Waals surface area contributed by atoms with Gasteiger partial charge in [-0.3, -0.25) is 14.3 Å². The van der Waals surface area contributed by atoms with Crippen LogP contribution in [0, 0.1) is 0 Å². The van der Waals surface area contributed by atoms with Gasteiger partial charge in [-0.05, 0) is 34.6 Å². The molecule has 2 N–H and O–H groups in total. The standard InChI is InChI=1S/C11H19N3O2/c1-7(2)14-9(15)6-8(12-10(14)16)13-11(3,4)5/h6-7,13H,1-5H3,(H,12,16). The fourth-order valence-corrected chi connectivity index (χ4v) is 1.46. The van der Waals surface area contributed by atoms with Gasteiger partial charge in [-0.1, -0.05) is 0 Å². The van der Waals surface area contributed by atoms with E-state index in [9.17, 15) is 9.59 Å². The molecule has 90 valence electrons. The molecule has 0 atom stereocenters. The van der Waals surface area contributed by atoms with Crippen molar-refractivity contribution in [2.75, 3.05) is 5.32 Å². The molecule has 0 aliphatic carbocycles. The van der Waals surface area contributed by atoms with Gasteiger partial charge in [0.25, 0.3) is 5.56 Å². The minimum Gasteiger partial charge on any atom is -0.367 e. The third-order valence-corrected chi connectivity index (χ3v) is 1.99. The van der Waals surface area contributed by atoms with E-state index in [4.69, 9.17) is 0 Å². The summed E-state index contributed by atoms with van der Waals surface area (Å²) in [6.07, 6.45) is 0. The van der Waals surface area contributed by atoms with E-state index in [0.29, 0.717) is 5.82 Å². The van der Waals surface area contributed by atoms with Crippen LogP contribution in [0.1, 0.15) is 40.7 Å². The Bertz CT molecular complexity index is 446. The maximum absolute atomic E-state index is 11.7. The molecule has 0 aromatic carbocycles. The van der Waals surface area contributed by atoms with Crippen molar-refractivity contribution in [3.8, 4) is 0 Å². The molecule has 5 heteroatoms. The van der Waals surface area contributed by atoms with Crippen molar-refractivity contribution in [1.82, 2.24) is 9.55 Å². The van der Waals surface area contributed by atoms with Crippen molar-refractivity contribution in [3.63, 3.8) is 0 Å². The number of nitrogens with one attached hydrogen (secondary N) is 2. The van der Waals surface area contributed by atoms with Gasteiger partial charge in [0, 0.05) is 17.6 Å². The molecule has 0 amide bonds. The lowest BCUT2D eigenvalue weighted by Gasteiger charge is -2.21. The van der Waals surface area contributed by atoms with Gasteiger partial charge in [-0.25, -0.2) is 4.79 Å². The van der Waals surface area contributed by atoms with Gasteiger partial charge in [-0.15, -0.1) is 0 Å². The van der Waals surface area contributed by atoms with Crippen molar-refractivity contribution < 1.29 is 0 Å². The number of aromatic nitrogens is 2. The quantitative estimate of drug-likeness (QED) is 0.798. The molecule has 0 fully saturated rings. The zero-order valence-electron chi connectivity index (χ0n) is 10.4. The van der Waals surface area contributed by atoms with E-state index in [1.165, 1.54) is 10.6 Å². The highest BCUT2D eigenvalue weighted by molar-refractivity contribution is 5.34. The van der Waals surface area contributed by atoms with Gasteiger partial charge >= 0.3 is 5.69 Å². The molecule has 0 aliphatic heterocycles. The summed E-state index contributed by atoms with van der Waals surface area (Å²) in [6.45, 7) is 9.47. The first kappa shape index (κ1) is 12.5. The predicted octanol–water partition coefficient (Wildman–Crippen LogP) is 1.33. The Morgan fingerprint density at radius 2 is 1.88 bits per heavy atom. The Morgan fingerprint density at radius 1 is 1.31 bits per heavy atom. The van der Waals surface area contributed by atoms with Gasteiger partial charge in [0.1, 0.15) is 5.82 Å². The molecule has 1 aromatic rings. The predicted molar refractivity (Wildman–Crippen MR) is 65.1 cm³/mol. The summed E-state index contributed by atoms with van der Waals surface area (Å²) in [7, 11) is 0. The molecule has 1 heterocycles. The summed E-state index contributed by atoms with van der Waals surface area (Å²) in [5.41, 5.74) is -0.862. The van der Waals surface area contributed by atoms with Crippen molar-refractivity contribution >= 4 is 5.82 Å². The summed E-state index contributed by atoms with van der Waals surface area (Å²) in [5, 5.41) is 3.06. The molecule has 0 saturated carbocycles. The average molecular weight is 225 g/mol. The molecule has 0 spiro atoms. The van der Waals surface area contributed by atoms with Crippen LogP contribution >= 0.6 is 0 Å². The maximum atomic E-state index is 11.7. The fourth-order valence-electron chi connectivity index (χ4n) is 1.46. The Morgan fingerprint density at radius 3 is 2.25 bits per heavy atom. The lowest BCUT2D eigenvalue weighted by Crippen LogP contribution is -2.38. The number of aromatic amines is 1. The summed E-state index contributed by atoms with van der Waals surface area (Å²) in [5.74, 6) is 0.458. The van der Waals surface area contributed by atoms with Crippen molar-refractivity contribution in [1.29, 1.82) is 0 Å². The van der Waals surface area contributed by atoms with Crippen LogP contribution in [0.3, 0.4) is 0 Å². The van der Waals surface area contributed by atoms with E-state index in [0.717, 1.165) is 0 Å². The number of anilines is 1. The molecule has 0 unspecified atom stereocenters. The minimum atomic E-state index is -0.380. The molecule has 0 radical (unpaired) electrons. The topological polar surface area (TPSA) is 66.9 Å². The first-order valence-electron chi connectivity index (χ1n) is 5.35. The van der Waals surface area contributed by atoms with E-state index in [1.807, 2.05) is 20.8 Å². The zero-order chi connectivity index (χ0) is 12.5. The van der Waals surface area contributed by atoms with Crippen molar-refractivity contribution in [2.24, 2.45) is 0 Å². The first-order valence-corrected chi connectivity index (χ1v) is 5.35. The number of H-pyrrole nitrogens is 1. The highest BCUT2D eigenvalue weighted by Crippen LogP contribution is 2.08. The third kappa shape index (κ3) is 2.98. The van der Waals surface area contributed by atoms with E-state index in [2.05, 4.69) is 10.3 Å². The number of nitrogens with zero attached hydrogens (tertiary/aromatic N) is 1. The van der Waals surface area contributed by atoms with E-state index in [-0.39, 0.29) is 22.8 Å². The fraction of sp³-hybridized carbons (Fsp3) is 0.636. The summed E-state index contributed by atoms with van der Waals surface area (Å²) >= 11 is 0. The molecule has 1 rings (SSSR count). The molecule has 0 aliphatic rings. The summed E-state index contributed by atoms with van der Waals surface area (Å²) in [6, 6.07) is 1.27. The number of rotatable bonds is 2. The van der Waals surface area contributed by atoms with Crippen LogP contribution in [-0.4, -0.2) is 15.1 Å². The van der Waals surface area contributed by atoms with Crippen LogP contribution in [0.4, 0.5) is 5.82 Å². The highest BCUT2D eigenvalue weighted by Gasteiger charge is 2.12. The second-order valence-corrected chi connectivity index (χ2v) is 5.17. The SMILES string of the molecule is CC(C)n1c(=O)cc(NC(C)(C)C)[nH]c1=O. The minimum absolute atomic E-state index is 0.139. The summed E-state index contributed by atoms with van der Waals surface area (Å²) in [4.78, 5) is 26.0. The van der Waals surface area contributed by atoms with Gasteiger partial charge in [0.15, 0.2) is 0 Å². The molecule has 0 saturated heterocycles. The van der Waals surface area contributed by atoms with Crippen LogP contribution < -0.4 is 16.6 Å². The van der Waals surface area contributed by atoms with Crippen LogP contribution in [0.5, 0.6) is 0 Å². The second kappa shape index (κ2) is 4.15. The lowest BCUT2D eigenvalue weighted by atomic mass is 10.1. The zero-order valence-corrected chi connectivity index (χ0v) is 10.4. The Labute approximate surface area is 94.5 Å². The number of hydrogen-bond donors (Lipinski definition) is 2. The van der Waals surface area contributed by atoms with Gasteiger partial charge in [-0.2, -0.15) is 0 Å². The largest absolute Gasteiger partial charge is 0.367 e. The average Bonchev–Trinajstić information content (AvgIpc) is 1.96. The van der Waals surface area contributed by atoms with Crippen LogP contribution in [0.15, 0.2) is 15.7 Å². The number of hydrogen-bond acceptors (Lipinski definition) is 3. The van der Waals surface area contributed by atoms with E-state index in [1.54, 1.807) is 13.8 Å². The van der Waals surface area contributed by atoms with Crippen molar-refractivity contribution in [2.45, 2.75) is 46.2 Å². The monoisotopic (exact) mass is 225 g/mol. The lowest BCUT2D eigenvalue weighted by molar-refractivity contribution is 0.544. The normalized spacial score (nSPS) is 11.9. The van der Waals surface area contributed by atoms with Crippen LogP contribution in [0.2, 0.25) is 0 Å². The first-order chi connectivity index (χ1) is 7.20. The molecular weight excluding hydrogens is 206 g/mol. The Hall–Kier alpha value is -1.52. The maximum Gasteiger partial charge on any atom is 0.330 e. The Balaban J connectivity index is 3.21. The third-order valence-electron chi connectivity index (χ3n) is 1.99. The highest BCUT2D eigenvalue weighted by atomic mass is 16.2. The van der Waals surface area contributed by atoms with Crippen LogP contribution in [-0.2, 0) is 0 Å². The molecule has 5 nitrogen and oxygen atoms in total. The van der Waals surface area contributed by atoms with Gasteiger partial charge < -0.3 is 5.32 Å². The molecule has 16 heavy (non-hydrogen) atoms.